The number of carbonyl (C=O) groups is 1. The van der Waals surface area contributed by atoms with Crippen LogP contribution in [0.5, 0.6) is 5.75 Å². The summed E-state index contributed by atoms with van der Waals surface area (Å²) in [4.78, 5) is 12.6. The van der Waals surface area contributed by atoms with E-state index in [2.05, 4.69) is 0 Å². The van der Waals surface area contributed by atoms with E-state index in [9.17, 15) is 9.90 Å². The van der Waals surface area contributed by atoms with Gasteiger partial charge < -0.3 is 9.84 Å². The summed E-state index contributed by atoms with van der Waals surface area (Å²) in [6.45, 7) is 0.271. The van der Waals surface area contributed by atoms with E-state index in [0.29, 0.717) is 11.3 Å². The van der Waals surface area contributed by atoms with Crippen molar-refractivity contribution in [1.29, 1.82) is 0 Å². The van der Waals surface area contributed by atoms with Crippen molar-refractivity contribution in [2.75, 3.05) is 0 Å². The van der Waals surface area contributed by atoms with E-state index in [1.54, 1.807) is 12.1 Å². The quantitative estimate of drug-likeness (QED) is 0.759. The van der Waals surface area contributed by atoms with Gasteiger partial charge in [-0.25, -0.2) is 4.79 Å². The molecule has 4 fully saturated rings. The molecule has 2 aromatic rings. The maximum Gasteiger partial charge on any atom is 0.338 e. The first-order valence-electron chi connectivity index (χ1n) is 10.2. The molecule has 4 aliphatic rings. The molecule has 4 saturated carbocycles. The fourth-order valence-corrected chi connectivity index (χ4v) is 6.33. The zero-order valence-electron chi connectivity index (χ0n) is 15.6. The summed E-state index contributed by atoms with van der Waals surface area (Å²) in [6, 6.07) is 15.0. The summed E-state index contributed by atoms with van der Waals surface area (Å²) in [5, 5.41) is 10.6. The molecule has 3 heteroatoms. The zero-order chi connectivity index (χ0) is 18.4. The van der Waals surface area contributed by atoms with Crippen LogP contribution >= 0.6 is 0 Å². The van der Waals surface area contributed by atoms with Gasteiger partial charge in [-0.15, -0.1) is 0 Å². The van der Waals surface area contributed by atoms with E-state index >= 15 is 0 Å². The molecule has 4 aliphatic carbocycles. The molecule has 1 N–H and O–H groups in total. The van der Waals surface area contributed by atoms with E-state index in [0.717, 1.165) is 48.1 Å². The highest BCUT2D eigenvalue weighted by Gasteiger charge is 2.52. The number of hydrogen-bond acceptors (Lipinski definition) is 3. The number of ether oxygens (including phenoxy) is 1. The van der Waals surface area contributed by atoms with E-state index < -0.39 is 0 Å². The van der Waals surface area contributed by atoms with Crippen LogP contribution < -0.4 is 0 Å². The third-order valence-corrected chi connectivity index (χ3v) is 7.05. The van der Waals surface area contributed by atoms with Gasteiger partial charge in [0.1, 0.15) is 12.4 Å². The molecule has 0 radical (unpaired) electrons. The van der Waals surface area contributed by atoms with E-state index in [-0.39, 0.29) is 18.0 Å². The predicted octanol–water partition coefficient (Wildman–Crippen LogP) is 5.22. The van der Waals surface area contributed by atoms with Gasteiger partial charge in [-0.1, -0.05) is 30.3 Å². The summed E-state index contributed by atoms with van der Waals surface area (Å²) in [6.07, 6.45) is 7.57. The molecular formula is C24H26O3. The Balaban J connectivity index is 1.39. The Hall–Kier alpha value is -2.29. The predicted molar refractivity (Wildman–Crippen MR) is 104 cm³/mol. The molecule has 2 aromatic carbocycles. The Morgan fingerprint density at radius 1 is 0.963 bits per heavy atom. The monoisotopic (exact) mass is 362 g/mol. The molecule has 0 atom stereocenters. The van der Waals surface area contributed by atoms with Gasteiger partial charge in [-0.3, -0.25) is 0 Å². The molecule has 140 valence electrons. The average molecular weight is 362 g/mol. The van der Waals surface area contributed by atoms with Crippen LogP contribution in [0.25, 0.3) is 0 Å². The maximum absolute atomic E-state index is 12.6. The second-order valence-electron chi connectivity index (χ2n) is 8.99. The summed E-state index contributed by atoms with van der Waals surface area (Å²) >= 11 is 0. The lowest BCUT2D eigenvalue weighted by atomic mass is 9.48. The fourth-order valence-electron chi connectivity index (χ4n) is 6.33. The zero-order valence-corrected chi connectivity index (χ0v) is 15.6. The molecule has 0 spiro atoms. The lowest BCUT2D eigenvalue weighted by Gasteiger charge is -2.57. The van der Waals surface area contributed by atoms with Gasteiger partial charge in [-0.05, 0) is 85.5 Å². The van der Waals surface area contributed by atoms with E-state index in [4.69, 9.17) is 4.74 Å². The second-order valence-corrected chi connectivity index (χ2v) is 8.99. The van der Waals surface area contributed by atoms with Crippen LogP contribution in [-0.2, 0) is 16.8 Å². The van der Waals surface area contributed by atoms with Crippen molar-refractivity contribution < 1.29 is 14.6 Å². The van der Waals surface area contributed by atoms with E-state index in [1.807, 2.05) is 36.4 Å². The number of benzene rings is 2. The highest BCUT2D eigenvalue weighted by molar-refractivity contribution is 5.90. The minimum absolute atomic E-state index is 0.0640. The van der Waals surface area contributed by atoms with Gasteiger partial charge in [-0.2, -0.15) is 0 Å². The molecule has 0 aromatic heterocycles. The number of aromatic hydroxyl groups is 1. The minimum Gasteiger partial charge on any atom is -0.508 e. The highest BCUT2D eigenvalue weighted by atomic mass is 16.5. The standard InChI is InChI=1S/C24H26O3/c25-22-7-6-20(23(26)27-15-16-4-2-1-3-5-16)11-21(22)24-12-17-8-18(13-24)10-19(9-17)14-24/h1-7,11,17-19,25H,8-10,12-15H2. The van der Waals surface area contributed by atoms with Gasteiger partial charge in [0.15, 0.2) is 0 Å². The Labute approximate surface area is 160 Å². The number of esters is 1. The van der Waals surface area contributed by atoms with Crippen LogP contribution in [-0.4, -0.2) is 11.1 Å². The summed E-state index contributed by atoms with van der Waals surface area (Å²) in [5.74, 6) is 2.42. The third-order valence-electron chi connectivity index (χ3n) is 7.05. The Kier molecular flexibility index (Phi) is 3.99. The number of rotatable bonds is 4. The maximum atomic E-state index is 12.6. The van der Waals surface area contributed by atoms with Crippen LogP contribution in [0.4, 0.5) is 0 Å². The number of phenols is 1. The summed E-state index contributed by atoms with van der Waals surface area (Å²) in [7, 11) is 0. The van der Waals surface area contributed by atoms with Crippen LogP contribution in [0.15, 0.2) is 48.5 Å². The molecule has 6 rings (SSSR count). The van der Waals surface area contributed by atoms with Gasteiger partial charge >= 0.3 is 5.97 Å². The highest BCUT2D eigenvalue weighted by Crippen LogP contribution is 2.61. The Morgan fingerprint density at radius 3 is 2.22 bits per heavy atom. The summed E-state index contributed by atoms with van der Waals surface area (Å²) < 4.78 is 5.51. The van der Waals surface area contributed by atoms with Crippen LogP contribution in [0.3, 0.4) is 0 Å². The van der Waals surface area contributed by atoms with Gasteiger partial charge in [0.25, 0.3) is 0 Å². The molecule has 0 heterocycles. The topological polar surface area (TPSA) is 46.5 Å². The first-order valence-corrected chi connectivity index (χ1v) is 10.2. The first-order chi connectivity index (χ1) is 13.1. The SMILES string of the molecule is O=C(OCc1ccccc1)c1ccc(O)c(C23CC4CC(CC(C4)C2)C3)c1. The van der Waals surface area contributed by atoms with Crippen LogP contribution in [0.2, 0.25) is 0 Å². The van der Waals surface area contributed by atoms with Crippen LogP contribution in [0.1, 0.15) is 60.0 Å². The summed E-state index contributed by atoms with van der Waals surface area (Å²) in [5.41, 5.74) is 2.57. The van der Waals surface area contributed by atoms with Crippen molar-refractivity contribution in [3.63, 3.8) is 0 Å². The van der Waals surface area contributed by atoms with E-state index in [1.165, 1.54) is 19.3 Å². The average Bonchev–Trinajstić information content (AvgIpc) is 2.66. The number of hydrogen-bond donors (Lipinski definition) is 1. The van der Waals surface area contributed by atoms with Crippen molar-refractivity contribution in [1.82, 2.24) is 0 Å². The molecule has 0 aliphatic heterocycles. The van der Waals surface area contributed by atoms with Gasteiger partial charge in [0.2, 0.25) is 0 Å². The molecule has 4 bridgehead atoms. The van der Waals surface area contributed by atoms with Crippen molar-refractivity contribution in [2.45, 2.75) is 50.5 Å². The third kappa shape index (κ3) is 3.03. The minimum atomic E-state index is -0.315. The fraction of sp³-hybridized carbons (Fsp3) is 0.458. The normalized spacial score (nSPS) is 31.0. The molecule has 0 saturated heterocycles. The van der Waals surface area contributed by atoms with Crippen molar-refractivity contribution in [3.8, 4) is 5.75 Å². The van der Waals surface area contributed by atoms with Crippen molar-refractivity contribution in [3.05, 3.63) is 65.2 Å². The van der Waals surface area contributed by atoms with Gasteiger partial charge in [0, 0.05) is 5.56 Å². The Bertz CT molecular complexity index is 820. The second kappa shape index (κ2) is 6.40. The Morgan fingerprint density at radius 2 is 1.59 bits per heavy atom. The first kappa shape index (κ1) is 16.9. The number of carbonyl (C=O) groups excluding carboxylic acids is 1. The van der Waals surface area contributed by atoms with Crippen molar-refractivity contribution >= 4 is 5.97 Å². The number of phenolic OH excluding ortho intramolecular Hbond substituents is 1. The molecular weight excluding hydrogens is 336 g/mol. The molecule has 0 unspecified atom stereocenters. The lowest BCUT2D eigenvalue weighted by molar-refractivity contribution is -0.00618. The largest absolute Gasteiger partial charge is 0.508 e. The molecule has 3 nitrogen and oxygen atoms in total. The molecule has 0 amide bonds. The van der Waals surface area contributed by atoms with Crippen LogP contribution in [0, 0.1) is 17.8 Å². The lowest BCUT2D eigenvalue weighted by Crippen LogP contribution is -2.48. The van der Waals surface area contributed by atoms with Crippen molar-refractivity contribution in [2.24, 2.45) is 17.8 Å². The smallest absolute Gasteiger partial charge is 0.338 e. The van der Waals surface area contributed by atoms with Gasteiger partial charge in [0.05, 0.1) is 5.56 Å². The molecule has 27 heavy (non-hydrogen) atoms.